The monoisotopic (exact) mass is 489 g/mol. The van der Waals surface area contributed by atoms with Crippen LogP contribution in [0.15, 0.2) is 18.3 Å². The topological polar surface area (TPSA) is 88.9 Å². The summed E-state index contributed by atoms with van der Waals surface area (Å²) in [5.41, 5.74) is -0.553. The van der Waals surface area contributed by atoms with Crippen LogP contribution in [0.4, 0.5) is 14.9 Å². The number of nitrogens with zero attached hydrogens (tertiary/aromatic N) is 4. The van der Waals surface area contributed by atoms with Crippen LogP contribution in [-0.2, 0) is 9.53 Å². The van der Waals surface area contributed by atoms with Crippen molar-refractivity contribution in [3.05, 3.63) is 18.3 Å². The summed E-state index contributed by atoms with van der Waals surface area (Å²) in [4.78, 5) is 26.7. The second-order valence-corrected chi connectivity index (χ2v) is 10.9. The Morgan fingerprint density at radius 2 is 1.97 bits per heavy atom. The van der Waals surface area contributed by atoms with Crippen molar-refractivity contribution < 1.29 is 23.5 Å². The summed E-state index contributed by atoms with van der Waals surface area (Å²) in [5, 5.41) is 8.39. The molecule has 2 amide bonds. The number of alkyl halides is 1. The minimum atomic E-state index is -1.39. The van der Waals surface area contributed by atoms with Crippen LogP contribution in [0.1, 0.15) is 53.5 Å². The molecule has 2 fully saturated rings. The Morgan fingerprint density at radius 3 is 2.57 bits per heavy atom. The molecular formula is C25H36FN5O4. The lowest BCUT2D eigenvalue weighted by Gasteiger charge is -2.47. The van der Waals surface area contributed by atoms with Crippen LogP contribution in [0.3, 0.4) is 0 Å². The number of benzene rings is 1. The summed E-state index contributed by atoms with van der Waals surface area (Å²) in [5.74, 6) is 0.592. The summed E-state index contributed by atoms with van der Waals surface area (Å²) in [6, 6.07) is 3.94. The number of ether oxygens (including phenoxy) is 2. The number of carbonyl (C=O) groups is 2. The molecule has 0 atom stereocenters. The Labute approximate surface area is 205 Å². The maximum Gasteiger partial charge on any atom is 0.410 e. The number of likely N-dealkylation sites (tertiary alicyclic amines) is 2. The predicted molar refractivity (Wildman–Crippen MR) is 132 cm³/mol. The van der Waals surface area contributed by atoms with Gasteiger partial charge in [-0.15, -0.1) is 0 Å². The van der Waals surface area contributed by atoms with Gasteiger partial charge in [-0.3, -0.25) is 14.4 Å². The van der Waals surface area contributed by atoms with E-state index in [4.69, 9.17) is 14.6 Å². The number of aromatic nitrogens is 2. The molecule has 0 unspecified atom stereocenters. The van der Waals surface area contributed by atoms with Crippen LogP contribution in [0.25, 0.3) is 10.9 Å². The Morgan fingerprint density at radius 1 is 1.29 bits per heavy atom. The van der Waals surface area contributed by atoms with Crippen molar-refractivity contribution in [2.45, 2.75) is 70.9 Å². The number of halogens is 1. The van der Waals surface area contributed by atoms with Crippen LogP contribution in [0.5, 0.6) is 5.75 Å². The second-order valence-electron chi connectivity index (χ2n) is 10.9. The molecule has 2 aliphatic heterocycles. The SMILES string of the molecule is CC(C)Oc1cc2nn(C3CCN(CC4(F)CN(C(=O)OC(C)(C)C)C4)CC3)cc2cc1NC=O. The molecule has 1 aromatic heterocycles. The van der Waals surface area contributed by atoms with Crippen LogP contribution in [-0.4, -0.2) is 82.2 Å². The van der Waals surface area contributed by atoms with Crippen LogP contribution in [0, 0.1) is 0 Å². The maximum absolute atomic E-state index is 15.2. The zero-order valence-corrected chi connectivity index (χ0v) is 21.2. The summed E-state index contributed by atoms with van der Waals surface area (Å²) >= 11 is 0. The van der Waals surface area contributed by atoms with E-state index in [9.17, 15) is 9.59 Å². The van der Waals surface area contributed by atoms with Gasteiger partial charge in [0.2, 0.25) is 6.41 Å². The zero-order chi connectivity index (χ0) is 25.4. The molecule has 2 saturated heterocycles. The summed E-state index contributed by atoms with van der Waals surface area (Å²) in [6.45, 7) is 11.3. The molecule has 10 heteroatoms. The molecule has 4 rings (SSSR count). The highest BCUT2D eigenvalue weighted by Gasteiger charge is 2.48. The van der Waals surface area contributed by atoms with Crippen molar-refractivity contribution in [2.75, 3.05) is 38.0 Å². The molecule has 0 bridgehead atoms. The van der Waals surface area contributed by atoms with Crippen molar-refractivity contribution >= 4 is 29.1 Å². The molecule has 9 nitrogen and oxygen atoms in total. The highest BCUT2D eigenvalue weighted by atomic mass is 19.1. The number of amides is 2. The van der Waals surface area contributed by atoms with Gasteiger partial charge in [-0.2, -0.15) is 5.10 Å². The first-order valence-electron chi connectivity index (χ1n) is 12.2. The van der Waals surface area contributed by atoms with Gasteiger partial charge in [0.25, 0.3) is 0 Å². The van der Waals surface area contributed by atoms with Crippen LogP contribution in [0.2, 0.25) is 0 Å². The number of rotatable bonds is 7. The lowest BCUT2D eigenvalue weighted by atomic mass is 9.94. The van der Waals surface area contributed by atoms with E-state index in [0.29, 0.717) is 24.4 Å². The minimum absolute atomic E-state index is 0.0308. The minimum Gasteiger partial charge on any atom is -0.489 e. The smallest absolute Gasteiger partial charge is 0.410 e. The second kappa shape index (κ2) is 9.64. The van der Waals surface area contributed by atoms with E-state index in [1.54, 1.807) is 20.8 Å². The van der Waals surface area contributed by atoms with Crippen molar-refractivity contribution in [1.29, 1.82) is 0 Å². The summed E-state index contributed by atoms with van der Waals surface area (Å²) in [7, 11) is 0. The number of hydrogen-bond donors (Lipinski definition) is 1. The number of hydrogen-bond acceptors (Lipinski definition) is 6. The molecule has 192 valence electrons. The van der Waals surface area contributed by atoms with Crippen molar-refractivity contribution in [3.63, 3.8) is 0 Å². The van der Waals surface area contributed by atoms with E-state index >= 15 is 4.39 Å². The highest BCUT2D eigenvalue weighted by molar-refractivity contribution is 5.89. The normalized spacial score (nSPS) is 19.0. The van der Waals surface area contributed by atoms with Gasteiger partial charge in [-0.1, -0.05) is 0 Å². The molecule has 0 spiro atoms. The zero-order valence-electron chi connectivity index (χ0n) is 21.2. The first-order chi connectivity index (χ1) is 16.4. The number of piperidine rings is 1. The number of carbonyl (C=O) groups excluding carboxylic acids is 2. The van der Waals surface area contributed by atoms with Crippen LogP contribution >= 0.6 is 0 Å². The Kier molecular flexibility index (Phi) is 6.95. The average Bonchev–Trinajstić information content (AvgIpc) is 3.14. The lowest BCUT2D eigenvalue weighted by Crippen LogP contribution is -2.65. The van der Waals surface area contributed by atoms with E-state index in [0.717, 1.165) is 36.8 Å². The third kappa shape index (κ3) is 6.04. The number of fused-ring (bicyclic) bond motifs is 1. The average molecular weight is 490 g/mol. The molecule has 1 aromatic carbocycles. The van der Waals surface area contributed by atoms with Crippen LogP contribution < -0.4 is 10.1 Å². The Balaban J connectivity index is 1.33. The fourth-order valence-corrected chi connectivity index (χ4v) is 4.72. The van der Waals surface area contributed by atoms with Crippen molar-refractivity contribution in [3.8, 4) is 5.75 Å². The molecule has 35 heavy (non-hydrogen) atoms. The molecule has 1 N–H and O–H groups in total. The van der Waals surface area contributed by atoms with Gasteiger partial charge in [0, 0.05) is 37.3 Å². The molecular weight excluding hydrogens is 453 g/mol. The van der Waals surface area contributed by atoms with Gasteiger partial charge < -0.3 is 19.7 Å². The molecule has 0 saturated carbocycles. The van der Waals surface area contributed by atoms with E-state index in [1.165, 1.54) is 4.90 Å². The maximum atomic E-state index is 15.2. The highest BCUT2D eigenvalue weighted by Crippen LogP contribution is 2.34. The van der Waals surface area contributed by atoms with E-state index in [-0.39, 0.29) is 25.2 Å². The fourth-order valence-electron chi connectivity index (χ4n) is 4.72. The first-order valence-corrected chi connectivity index (χ1v) is 12.2. The molecule has 0 radical (unpaired) electrons. The molecule has 3 heterocycles. The number of anilines is 1. The Bertz CT molecular complexity index is 1070. The van der Waals surface area contributed by atoms with Gasteiger partial charge in [0.15, 0.2) is 5.67 Å². The predicted octanol–water partition coefficient (Wildman–Crippen LogP) is 3.99. The third-order valence-electron chi connectivity index (χ3n) is 6.24. The van der Waals surface area contributed by atoms with E-state index in [2.05, 4.69) is 10.2 Å². The van der Waals surface area contributed by atoms with E-state index < -0.39 is 17.4 Å². The third-order valence-corrected chi connectivity index (χ3v) is 6.24. The van der Waals surface area contributed by atoms with Gasteiger partial charge in [0.05, 0.1) is 36.4 Å². The lowest BCUT2D eigenvalue weighted by molar-refractivity contribution is -0.105. The molecule has 2 aromatic rings. The standard InChI is InChI=1S/C25H36FN5O4/c1-17(2)34-22-11-20-18(10-21(22)27-16-32)12-31(28-20)19-6-8-29(9-7-19)13-25(26)14-30(15-25)23(33)35-24(3,4)5/h10-12,16-17,19H,6-9,13-15H2,1-5H3,(H,27,32). The molecule has 0 aliphatic carbocycles. The van der Waals surface area contributed by atoms with Gasteiger partial charge in [-0.05, 0) is 53.5 Å². The van der Waals surface area contributed by atoms with Crippen molar-refractivity contribution in [1.82, 2.24) is 19.6 Å². The molecule has 2 aliphatic rings. The van der Waals surface area contributed by atoms with Gasteiger partial charge >= 0.3 is 6.09 Å². The van der Waals surface area contributed by atoms with Crippen molar-refractivity contribution in [2.24, 2.45) is 0 Å². The summed E-state index contributed by atoms with van der Waals surface area (Å²) < 4.78 is 28.3. The number of nitrogens with one attached hydrogen (secondary N) is 1. The van der Waals surface area contributed by atoms with Gasteiger partial charge in [0.1, 0.15) is 11.4 Å². The fraction of sp³-hybridized carbons (Fsp3) is 0.640. The van der Waals surface area contributed by atoms with Gasteiger partial charge in [-0.25, -0.2) is 9.18 Å². The first kappa shape index (κ1) is 25.2. The summed E-state index contributed by atoms with van der Waals surface area (Å²) in [6.07, 6.45) is 3.86. The largest absolute Gasteiger partial charge is 0.489 e. The quantitative estimate of drug-likeness (QED) is 0.592. The Hall–Kier alpha value is -2.88. The van der Waals surface area contributed by atoms with E-state index in [1.807, 2.05) is 36.9 Å².